The zero-order valence-electron chi connectivity index (χ0n) is 10.1. The molecule has 0 atom stereocenters. The van der Waals surface area contributed by atoms with Crippen LogP contribution in [0.4, 0.5) is 23.5 Å². The summed E-state index contributed by atoms with van der Waals surface area (Å²) in [6, 6.07) is 2.25. The Hall–Kier alpha value is -1.94. The molecular formula is C11H7BrF4N4O. The third kappa shape index (κ3) is 3.58. The molecule has 0 amide bonds. The number of halogens is 5. The molecule has 112 valence electrons. The Morgan fingerprint density at radius 1 is 1.29 bits per heavy atom. The minimum Gasteiger partial charge on any atom is -0.438 e. The number of hydrogen-bond donors (Lipinski definition) is 2. The highest BCUT2D eigenvalue weighted by Crippen LogP contribution is 2.35. The van der Waals surface area contributed by atoms with Gasteiger partial charge in [0.05, 0.1) is 16.2 Å². The normalized spacial score (nSPS) is 11.3. The summed E-state index contributed by atoms with van der Waals surface area (Å²) >= 11 is 3.07. The van der Waals surface area contributed by atoms with E-state index in [9.17, 15) is 17.6 Å². The van der Waals surface area contributed by atoms with Crippen LogP contribution in [0.5, 0.6) is 11.6 Å². The smallest absolute Gasteiger partial charge is 0.419 e. The number of nitrogens with two attached hydrogens (primary N) is 1. The molecule has 2 rings (SSSR count). The summed E-state index contributed by atoms with van der Waals surface area (Å²) in [5, 5.41) is 0. The SMILES string of the molecule is NNc1ncc(Br)c(Oc2ccc(F)c(C(F)(F)F)c2)n1. The Morgan fingerprint density at radius 3 is 2.62 bits per heavy atom. The highest BCUT2D eigenvalue weighted by molar-refractivity contribution is 9.10. The van der Waals surface area contributed by atoms with Gasteiger partial charge < -0.3 is 4.74 Å². The van der Waals surface area contributed by atoms with Crippen molar-refractivity contribution in [3.8, 4) is 11.6 Å². The van der Waals surface area contributed by atoms with E-state index >= 15 is 0 Å². The van der Waals surface area contributed by atoms with Crippen LogP contribution in [0.15, 0.2) is 28.9 Å². The second-order valence-corrected chi connectivity index (χ2v) is 4.59. The topological polar surface area (TPSA) is 73.1 Å². The Balaban J connectivity index is 2.36. The number of ether oxygens (including phenoxy) is 1. The minimum absolute atomic E-state index is 0.00589. The molecule has 0 saturated carbocycles. The van der Waals surface area contributed by atoms with Gasteiger partial charge in [-0.2, -0.15) is 18.2 Å². The molecule has 0 unspecified atom stereocenters. The zero-order valence-corrected chi connectivity index (χ0v) is 11.7. The van der Waals surface area contributed by atoms with Crippen LogP contribution in [0.3, 0.4) is 0 Å². The highest BCUT2D eigenvalue weighted by Gasteiger charge is 2.34. The second kappa shape index (κ2) is 5.82. The maximum Gasteiger partial charge on any atom is 0.419 e. The predicted octanol–water partition coefficient (Wildman–Crippen LogP) is 3.47. The first-order chi connectivity index (χ1) is 9.81. The van der Waals surface area contributed by atoms with Crippen molar-refractivity contribution in [2.75, 3.05) is 5.43 Å². The predicted molar refractivity (Wildman–Crippen MR) is 69.0 cm³/mol. The monoisotopic (exact) mass is 366 g/mol. The number of nitrogen functional groups attached to an aromatic ring is 1. The number of aromatic nitrogens is 2. The summed E-state index contributed by atoms with van der Waals surface area (Å²) < 4.78 is 56.5. The summed E-state index contributed by atoms with van der Waals surface area (Å²) in [5.41, 5.74) is 0.734. The van der Waals surface area contributed by atoms with Gasteiger partial charge in [-0.15, -0.1) is 0 Å². The van der Waals surface area contributed by atoms with Crippen molar-refractivity contribution < 1.29 is 22.3 Å². The number of alkyl halides is 3. The van der Waals surface area contributed by atoms with Crippen LogP contribution in [0, 0.1) is 5.82 Å². The number of benzene rings is 1. The van der Waals surface area contributed by atoms with Gasteiger partial charge in [0.1, 0.15) is 11.6 Å². The largest absolute Gasteiger partial charge is 0.438 e. The molecule has 0 spiro atoms. The molecule has 1 aromatic heterocycles. The van der Waals surface area contributed by atoms with Crippen LogP contribution in [0.1, 0.15) is 5.56 Å². The minimum atomic E-state index is -4.82. The summed E-state index contributed by atoms with van der Waals surface area (Å²) in [6.45, 7) is 0. The van der Waals surface area contributed by atoms with E-state index in [-0.39, 0.29) is 17.6 Å². The van der Waals surface area contributed by atoms with E-state index < -0.39 is 17.6 Å². The van der Waals surface area contributed by atoms with Crippen molar-refractivity contribution in [3.05, 3.63) is 40.2 Å². The van der Waals surface area contributed by atoms with Crippen LogP contribution in [-0.2, 0) is 6.18 Å². The molecule has 0 aliphatic heterocycles. The molecule has 0 saturated heterocycles. The van der Waals surface area contributed by atoms with Gasteiger partial charge in [0, 0.05) is 0 Å². The molecular weight excluding hydrogens is 360 g/mol. The van der Waals surface area contributed by atoms with E-state index in [1.54, 1.807) is 0 Å². The van der Waals surface area contributed by atoms with Crippen molar-refractivity contribution in [1.29, 1.82) is 0 Å². The quantitative estimate of drug-likeness (QED) is 0.494. The average molecular weight is 367 g/mol. The standard InChI is InChI=1S/C11H7BrF4N4O/c12-7-4-18-10(20-17)19-9(7)21-5-1-2-8(13)6(3-5)11(14,15)16/h1-4H,17H2,(H,18,19,20). The van der Waals surface area contributed by atoms with E-state index in [0.29, 0.717) is 16.6 Å². The van der Waals surface area contributed by atoms with Crippen molar-refractivity contribution in [2.45, 2.75) is 6.18 Å². The summed E-state index contributed by atoms with van der Waals surface area (Å²) in [4.78, 5) is 7.56. The molecule has 10 heteroatoms. The van der Waals surface area contributed by atoms with E-state index in [4.69, 9.17) is 10.6 Å². The summed E-state index contributed by atoms with van der Waals surface area (Å²) in [6.07, 6.45) is -3.53. The number of hydrazine groups is 1. The highest BCUT2D eigenvalue weighted by atomic mass is 79.9. The average Bonchev–Trinajstić information content (AvgIpc) is 2.42. The van der Waals surface area contributed by atoms with Gasteiger partial charge in [-0.3, -0.25) is 5.43 Å². The lowest BCUT2D eigenvalue weighted by molar-refractivity contribution is -0.140. The molecule has 0 aliphatic carbocycles. The first kappa shape index (κ1) is 15.4. The molecule has 21 heavy (non-hydrogen) atoms. The van der Waals surface area contributed by atoms with Crippen LogP contribution >= 0.6 is 15.9 Å². The first-order valence-corrected chi connectivity index (χ1v) is 6.14. The number of rotatable bonds is 3. The summed E-state index contributed by atoms with van der Waals surface area (Å²) in [7, 11) is 0. The van der Waals surface area contributed by atoms with Gasteiger partial charge in [0.15, 0.2) is 0 Å². The fourth-order valence-electron chi connectivity index (χ4n) is 1.39. The molecule has 0 fully saturated rings. The van der Waals surface area contributed by atoms with Gasteiger partial charge in [-0.25, -0.2) is 15.2 Å². The van der Waals surface area contributed by atoms with Crippen molar-refractivity contribution >= 4 is 21.9 Å². The van der Waals surface area contributed by atoms with Crippen molar-refractivity contribution in [3.63, 3.8) is 0 Å². The van der Waals surface area contributed by atoms with Gasteiger partial charge in [0.25, 0.3) is 0 Å². The van der Waals surface area contributed by atoms with Crippen LogP contribution in [0.25, 0.3) is 0 Å². The lowest BCUT2D eigenvalue weighted by Crippen LogP contribution is -2.11. The number of hydrogen-bond acceptors (Lipinski definition) is 5. The Bertz CT molecular complexity index is 665. The fraction of sp³-hybridized carbons (Fsp3) is 0.0909. The number of nitrogens with zero attached hydrogens (tertiary/aromatic N) is 2. The maximum absolute atomic E-state index is 13.2. The Kier molecular flexibility index (Phi) is 4.28. The second-order valence-electron chi connectivity index (χ2n) is 3.73. The van der Waals surface area contributed by atoms with Crippen LogP contribution in [0.2, 0.25) is 0 Å². The summed E-state index contributed by atoms with van der Waals surface area (Å²) in [5.74, 6) is 3.43. The van der Waals surface area contributed by atoms with E-state index in [2.05, 4.69) is 31.3 Å². The third-order valence-electron chi connectivity index (χ3n) is 2.30. The zero-order chi connectivity index (χ0) is 15.6. The van der Waals surface area contributed by atoms with Gasteiger partial charge >= 0.3 is 6.18 Å². The third-order valence-corrected chi connectivity index (χ3v) is 2.84. The van der Waals surface area contributed by atoms with E-state index in [1.165, 1.54) is 6.20 Å². The molecule has 1 aromatic carbocycles. The van der Waals surface area contributed by atoms with Gasteiger partial charge in [-0.05, 0) is 34.1 Å². The fourth-order valence-corrected chi connectivity index (χ4v) is 1.66. The Labute approximate surface area is 124 Å². The molecule has 0 bridgehead atoms. The number of anilines is 1. The van der Waals surface area contributed by atoms with E-state index in [0.717, 1.165) is 6.07 Å². The molecule has 2 aromatic rings. The van der Waals surface area contributed by atoms with Gasteiger partial charge in [0.2, 0.25) is 11.8 Å². The first-order valence-electron chi connectivity index (χ1n) is 5.35. The lowest BCUT2D eigenvalue weighted by Gasteiger charge is -2.11. The van der Waals surface area contributed by atoms with Crippen LogP contribution < -0.4 is 16.0 Å². The van der Waals surface area contributed by atoms with Crippen molar-refractivity contribution in [1.82, 2.24) is 9.97 Å². The number of nitrogens with one attached hydrogen (secondary N) is 1. The molecule has 0 aliphatic rings. The van der Waals surface area contributed by atoms with Crippen molar-refractivity contribution in [2.24, 2.45) is 5.84 Å². The van der Waals surface area contributed by atoms with Crippen LogP contribution in [-0.4, -0.2) is 9.97 Å². The molecule has 5 nitrogen and oxygen atoms in total. The maximum atomic E-state index is 13.2. The molecule has 3 N–H and O–H groups in total. The Morgan fingerprint density at radius 2 is 2.00 bits per heavy atom. The van der Waals surface area contributed by atoms with Gasteiger partial charge in [-0.1, -0.05) is 0 Å². The van der Waals surface area contributed by atoms with E-state index in [1.807, 2.05) is 0 Å². The molecule has 0 radical (unpaired) electrons. The lowest BCUT2D eigenvalue weighted by atomic mass is 10.2. The molecule has 1 heterocycles.